The van der Waals surface area contributed by atoms with E-state index in [0.717, 1.165) is 25.9 Å². The molecule has 0 aromatic heterocycles. The second-order valence-corrected chi connectivity index (χ2v) is 7.61. The van der Waals surface area contributed by atoms with Crippen molar-refractivity contribution in [3.05, 3.63) is 0 Å². The molecule has 0 radical (unpaired) electrons. The summed E-state index contributed by atoms with van der Waals surface area (Å²) >= 11 is 3.64. The van der Waals surface area contributed by atoms with Crippen LogP contribution in [0.4, 0.5) is 0 Å². The van der Waals surface area contributed by atoms with E-state index in [1.54, 1.807) is 0 Å². The number of carbonyl (C=O) groups excluding carboxylic acids is 1. The Kier molecular flexibility index (Phi) is 6.12. The van der Waals surface area contributed by atoms with Crippen molar-refractivity contribution in [2.75, 3.05) is 13.2 Å². The van der Waals surface area contributed by atoms with Gasteiger partial charge in [-0.1, -0.05) is 43.6 Å². The second-order valence-electron chi connectivity index (χ2n) is 6.32. The maximum Gasteiger partial charge on any atom is 0.225 e. The van der Waals surface area contributed by atoms with Crippen LogP contribution >= 0.6 is 15.9 Å². The molecule has 0 bridgehead atoms. The largest absolute Gasteiger partial charge is 0.377 e. The van der Waals surface area contributed by atoms with Gasteiger partial charge in [-0.3, -0.25) is 4.79 Å². The third-order valence-electron chi connectivity index (χ3n) is 3.28. The molecule has 0 aromatic carbocycles. The number of hydrogen-bond acceptors (Lipinski definition) is 2. The molecular weight excluding hydrogens is 294 g/mol. The number of hydrogen-bond donors (Lipinski definition) is 1. The van der Waals surface area contributed by atoms with Gasteiger partial charge in [0.15, 0.2) is 0 Å². The zero-order chi connectivity index (χ0) is 13.8. The van der Waals surface area contributed by atoms with E-state index < -0.39 is 0 Å². The summed E-state index contributed by atoms with van der Waals surface area (Å²) in [4.78, 5) is 12.4. The van der Waals surface area contributed by atoms with E-state index in [0.29, 0.717) is 11.4 Å². The molecule has 0 saturated carbocycles. The Morgan fingerprint density at radius 1 is 1.50 bits per heavy atom. The molecule has 4 heteroatoms. The quantitative estimate of drug-likeness (QED) is 0.791. The van der Waals surface area contributed by atoms with Gasteiger partial charge >= 0.3 is 0 Å². The molecule has 1 saturated heterocycles. The highest BCUT2D eigenvalue weighted by Gasteiger charge is 2.32. The summed E-state index contributed by atoms with van der Waals surface area (Å²) in [6.07, 6.45) is 2.93. The molecule has 1 heterocycles. The van der Waals surface area contributed by atoms with Crippen LogP contribution < -0.4 is 5.32 Å². The van der Waals surface area contributed by atoms with Crippen molar-refractivity contribution < 1.29 is 9.53 Å². The van der Waals surface area contributed by atoms with Crippen molar-refractivity contribution in [1.29, 1.82) is 0 Å². The van der Waals surface area contributed by atoms with Crippen LogP contribution in [-0.2, 0) is 9.53 Å². The molecule has 1 aliphatic rings. The first kappa shape index (κ1) is 16.0. The summed E-state index contributed by atoms with van der Waals surface area (Å²) in [6, 6.07) is 0. The number of halogens is 1. The van der Waals surface area contributed by atoms with Crippen LogP contribution in [0.25, 0.3) is 0 Å². The van der Waals surface area contributed by atoms with Gasteiger partial charge in [-0.25, -0.2) is 0 Å². The van der Waals surface area contributed by atoms with Crippen molar-refractivity contribution in [2.24, 2.45) is 11.3 Å². The minimum absolute atomic E-state index is 0.0457. The van der Waals surface area contributed by atoms with E-state index in [-0.39, 0.29) is 23.3 Å². The number of ether oxygens (including phenoxy) is 1. The Bertz CT molecular complexity index is 275. The van der Waals surface area contributed by atoms with E-state index in [9.17, 15) is 4.79 Å². The van der Waals surface area contributed by atoms with Gasteiger partial charge in [-0.15, -0.1) is 0 Å². The zero-order valence-corrected chi connectivity index (χ0v) is 13.5. The van der Waals surface area contributed by atoms with Crippen LogP contribution in [0.3, 0.4) is 0 Å². The molecule has 106 valence electrons. The van der Waals surface area contributed by atoms with Crippen LogP contribution in [0.15, 0.2) is 0 Å². The van der Waals surface area contributed by atoms with Gasteiger partial charge < -0.3 is 10.1 Å². The fourth-order valence-corrected chi connectivity index (χ4v) is 3.56. The highest BCUT2D eigenvalue weighted by atomic mass is 79.9. The smallest absolute Gasteiger partial charge is 0.225 e. The van der Waals surface area contributed by atoms with Crippen LogP contribution in [0.2, 0.25) is 0 Å². The van der Waals surface area contributed by atoms with E-state index in [1.165, 1.54) is 0 Å². The average Bonchev–Trinajstić information content (AvgIpc) is 2.71. The van der Waals surface area contributed by atoms with Gasteiger partial charge in [0.1, 0.15) is 0 Å². The fraction of sp³-hybridized carbons (Fsp3) is 0.929. The van der Waals surface area contributed by atoms with Crippen LogP contribution in [-0.4, -0.2) is 30.0 Å². The monoisotopic (exact) mass is 319 g/mol. The molecular formula is C14H26BrNO2. The van der Waals surface area contributed by atoms with Gasteiger partial charge in [0.2, 0.25) is 5.91 Å². The molecule has 1 N–H and O–H groups in total. The Hall–Kier alpha value is -0.0900. The summed E-state index contributed by atoms with van der Waals surface area (Å²) in [7, 11) is 0. The van der Waals surface area contributed by atoms with E-state index in [2.05, 4.69) is 48.9 Å². The molecule has 1 amide bonds. The van der Waals surface area contributed by atoms with Crippen molar-refractivity contribution >= 4 is 21.8 Å². The topological polar surface area (TPSA) is 38.3 Å². The second kappa shape index (κ2) is 6.90. The van der Waals surface area contributed by atoms with E-state index in [1.807, 2.05) is 0 Å². The Morgan fingerprint density at radius 2 is 2.17 bits per heavy atom. The minimum Gasteiger partial charge on any atom is -0.377 e. The lowest BCUT2D eigenvalue weighted by molar-refractivity contribution is -0.126. The summed E-state index contributed by atoms with van der Waals surface area (Å²) < 4.78 is 5.55. The third kappa shape index (κ3) is 5.27. The normalized spacial score (nSPS) is 26.1. The van der Waals surface area contributed by atoms with Gasteiger partial charge in [-0.2, -0.15) is 0 Å². The minimum atomic E-state index is 0.0457. The van der Waals surface area contributed by atoms with Gasteiger partial charge in [0.05, 0.1) is 12.0 Å². The summed E-state index contributed by atoms with van der Waals surface area (Å²) in [5.41, 5.74) is 0.279. The molecule has 0 aliphatic carbocycles. The highest BCUT2D eigenvalue weighted by molar-refractivity contribution is 9.09. The number of rotatable bonds is 5. The predicted molar refractivity (Wildman–Crippen MR) is 77.9 cm³/mol. The van der Waals surface area contributed by atoms with Crippen LogP contribution in [0.5, 0.6) is 0 Å². The van der Waals surface area contributed by atoms with Gasteiger partial charge in [-0.05, 0) is 24.7 Å². The Balaban J connectivity index is 2.32. The third-order valence-corrected chi connectivity index (χ3v) is 3.93. The van der Waals surface area contributed by atoms with Crippen molar-refractivity contribution in [3.8, 4) is 0 Å². The van der Waals surface area contributed by atoms with Crippen molar-refractivity contribution in [3.63, 3.8) is 0 Å². The van der Waals surface area contributed by atoms with E-state index in [4.69, 9.17) is 4.74 Å². The molecule has 18 heavy (non-hydrogen) atoms. The Morgan fingerprint density at radius 3 is 2.72 bits per heavy atom. The molecule has 1 rings (SSSR count). The summed E-state index contributed by atoms with van der Waals surface area (Å²) in [5, 5.41) is 3.05. The molecule has 3 nitrogen and oxygen atoms in total. The van der Waals surface area contributed by atoms with Gasteiger partial charge in [0.25, 0.3) is 0 Å². The number of amides is 1. The maximum atomic E-state index is 12.1. The lowest BCUT2D eigenvalue weighted by Gasteiger charge is -2.23. The first-order chi connectivity index (χ1) is 8.33. The maximum absolute atomic E-state index is 12.1. The fourth-order valence-electron chi connectivity index (χ4n) is 2.43. The number of alkyl halides is 1. The van der Waals surface area contributed by atoms with Gasteiger partial charge in [0, 0.05) is 18.0 Å². The summed E-state index contributed by atoms with van der Waals surface area (Å²) in [6.45, 7) is 10.1. The molecule has 3 unspecified atom stereocenters. The van der Waals surface area contributed by atoms with Crippen molar-refractivity contribution in [1.82, 2.24) is 5.32 Å². The zero-order valence-electron chi connectivity index (χ0n) is 12.0. The Labute approximate surface area is 119 Å². The molecule has 1 aliphatic heterocycles. The lowest BCUT2D eigenvalue weighted by atomic mass is 9.90. The predicted octanol–water partition coefficient (Wildman–Crippen LogP) is 3.12. The molecule has 0 spiro atoms. The first-order valence-corrected chi connectivity index (χ1v) is 7.78. The standard InChI is InChI=1S/C14H26BrNO2/c1-5-12-11(6-7-18-12)13(17)16-9-10(15)8-14(2,3)4/h10-12H,5-9H2,1-4H3,(H,16,17). The van der Waals surface area contributed by atoms with Crippen LogP contribution in [0, 0.1) is 11.3 Å². The van der Waals surface area contributed by atoms with E-state index >= 15 is 0 Å². The molecule has 3 atom stereocenters. The lowest BCUT2D eigenvalue weighted by Crippen LogP contribution is -2.38. The molecule has 1 fully saturated rings. The first-order valence-electron chi connectivity index (χ1n) is 6.87. The highest BCUT2D eigenvalue weighted by Crippen LogP contribution is 2.25. The molecule has 0 aromatic rings. The summed E-state index contributed by atoms with van der Waals surface area (Å²) in [5.74, 6) is 0.196. The SMILES string of the molecule is CCC1OCCC1C(=O)NCC(Br)CC(C)(C)C. The number of carbonyl (C=O) groups is 1. The van der Waals surface area contributed by atoms with Crippen LogP contribution in [0.1, 0.15) is 47.0 Å². The van der Waals surface area contributed by atoms with Crippen molar-refractivity contribution in [2.45, 2.75) is 57.9 Å². The average molecular weight is 320 g/mol. The number of nitrogens with one attached hydrogen (secondary N) is 1.